The number of aliphatic carboxylic acids is 2. The summed E-state index contributed by atoms with van der Waals surface area (Å²) in [4.78, 5) is 258. The Bertz CT molecular complexity index is 4760. The van der Waals surface area contributed by atoms with Crippen LogP contribution in [-0.2, 0) is 132 Å². The molecule has 1 aromatic heterocycles. The van der Waals surface area contributed by atoms with Crippen molar-refractivity contribution in [1.82, 2.24) is 84.0 Å². The lowest BCUT2D eigenvalue weighted by Gasteiger charge is -2.48. The van der Waals surface area contributed by atoms with Crippen molar-refractivity contribution in [3.8, 4) is 0 Å². The average molecular weight is 2110 g/mol. The lowest BCUT2D eigenvalue weighted by atomic mass is 9.92. The van der Waals surface area contributed by atoms with Crippen LogP contribution < -0.4 is 74.9 Å². The Morgan fingerprint density at radius 1 is 0.568 bits per heavy atom. The normalized spacial score (nSPS) is 24.5. The van der Waals surface area contributed by atoms with E-state index in [2.05, 4.69) is 84.2 Å². The third-order valence-corrected chi connectivity index (χ3v) is 25.0. The molecule has 28 N–H and O–H groups in total. The van der Waals surface area contributed by atoms with Gasteiger partial charge in [-0.2, -0.15) is 0 Å². The monoisotopic (exact) mass is 2110 g/mol. The van der Waals surface area contributed by atoms with Crippen molar-refractivity contribution in [2.75, 3.05) is 52.7 Å². The molecule has 55 heteroatoms. The standard InChI is InChI=1S/C93H146N18O37/c1-12-53(32-44(4)80(94)131)81(132)96-29-18-13-14-19-31-143-110-45(5)22-20-26-64(119)102-56(33-52-23-16-15-17-24-52)84(135)103-55(27-28-66(121)122)83(134)104-57(34-54-36-95-42-98-54)82(133)97-37-65(120)107-68(43(2)3)88(139)109-70(89(140)106-59(38-112)86(137)99-46(6)90(141)111-30-21-25-60(111)87(138)105-58(35-67(123)124)85(136)108-69(47(7)115)48(8)116)49(9)144-92-72(101-51(11)118)79(148-93-78(130)77(129)74(126)62(40-114)146-93)75(127)63(147-92)41-142-91-71(100-50(10)117)76(128)73(125)61(39-113)145-91/h15-17,23-24,36,42-44,46-47,49,53,55-63,68-79,91-93,112-115,125-130H,12-14,18-22,25-35,37-41H2,1-11H3,(H2,94,131)(H,95,98)(H,96,132)(H,97,133)(H,99,137)(H,100,117)(H,101,118)(H,102,119)(H,103,135)(H,104,134)(H,105,138)(H,106,140)(H,107,120)(H,108,136)(H,109,139)(H,121,122)(H,123,124)/b110-45-/t44?,46?,47?,49?,53?,55?,56?,57?,58?,59?,60?,61-,62-,63-,68?,69?,70?,71?,72?,73+,74-,75-,76?,77?,78?,79?,91+,92-,93-/m0/s1. The fourth-order valence-corrected chi connectivity index (χ4v) is 16.6. The Labute approximate surface area is 852 Å². The van der Waals surface area contributed by atoms with Gasteiger partial charge in [0.15, 0.2) is 24.7 Å². The quantitative estimate of drug-likeness (QED) is 0.0166. The lowest BCUT2D eigenvalue weighted by molar-refractivity contribution is -0.352. The van der Waals surface area contributed by atoms with Gasteiger partial charge in [-0.15, -0.1) is 0 Å². The topological polar surface area (TPSA) is 841 Å². The number of aromatic amines is 1. The summed E-state index contributed by atoms with van der Waals surface area (Å²) in [5.74, 6) is -20.3. The fourth-order valence-electron chi connectivity index (χ4n) is 16.6. The van der Waals surface area contributed by atoms with Gasteiger partial charge in [-0.25, -0.2) is 4.98 Å². The van der Waals surface area contributed by atoms with E-state index in [0.29, 0.717) is 50.1 Å². The number of carbonyl (C=O) groups is 18. The molecule has 830 valence electrons. The first kappa shape index (κ1) is 125. The Morgan fingerprint density at radius 3 is 1.76 bits per heavy atom. The highest BCUT2D eigenvalue weighted by Crippen LogP contribution is 2.33. The van der Waals surface area contributed by atoms with E-state index in [-0.39, 0.29) is 56.2 Å². The third-order valence-electron chi connectivity index (χ3n) is 25.0. The number of ketones is 1. The minimum Gasteiger partial charge on any atom is -0.481 e. The highest BCUT2D eigenvalue weighted by atomic mass is 16.7. The van der Waals surface area contributed by atoms with Crippen LogP contribution >= 0.6 is 0 Å². The van der Waals surface area contributed by atoms with Crippen molar-refractivity contribution in [2.45, 2.75) is 344 Å². The second kappa shape index (κ2) is 61.8. The van der Waals surface area contributed by atoms with E-state index in [1.165, 1.54) is 33.3 Å². The van der Waals surface area contributed by atoms with Crippen LogP contribution in [0.2, 0.25) is 0 Å². The van der Waals surface area contributed by atoms with Crippen LogP contribution in [0.3, 0.4) is 0 Å². The van der Waals surface area contributed by atoms with E-state index in [0.717, 1.165) is 58.8 Å². The summed E-state index contributed by atoms with van der Waals surface area (Å²) in [5, 5.41) is 164. The number of aromatic nitrogens is 2. The molecule has 0 radical (unpaired) electrons. The zero-order chi connectivity index (χ0) is 110. The maximum atomic E-state index is 15.4. The van der Waals surface area contributed by atoms with Gasteiger partial charge in [0.2, 0.25) is 88.6 Å². The number of imidazole rings is 1. The summed E-state index contributed by atoms with van der Waals surface area (Å²) >= 11 is 0. The van der Waals surface area contributed by atoms with Crippen molar-refractivity contribution in [3.63, 3.8) is 0 Å². The summed E-state index contributed by atoms with van der Waals surface area (Å²) < 4.78 is 36.2. The predicted octanol–water partition coefficient (Wildman–Crippen LogP) is -9.44. The molecule has 20 unspecified atom stereocenters. The van der Waals surface area contributed by atoms with Crippen LogP contribution in [0, 0.1) is 17.8 Å². The second-order valence-corrected chi connectivity index (χ2v) is 37.3. The van der Waals surface area contributed by atoms with E-state index < -0.39 is 336 Å². The summed E-state index contributed by atoms with van der Waals surface area (Å²) in [6.07, 6.45) is -25.5. The lowest BCUT2D eigenvalue weighted by Crippen LogP contribution is -2.69. The van der Waals surface area contributed by atoms with Gasteiger partial charge in [-0.05, 0) is 110 Å². The number of primary amides is 1. The molecule has 0 aliphatic carbocycles. The number of Topliss-reactive ketones (excluding diaryl/α,β-unsaturated/α-hetero) is 1. The van der Waals surface area contributed by atoms with Gasteiger partial charge < -0.3 is 179 Å². The van der Waals surface area contributed by atoms with Crippen molar-refractivity contribution >= 4 is 112 Å². The first-order chi connectivity index (χ1) is 69.9. The van der Waals surface area contributed by atoms with Gasteiger partial charge in [0, 0.05) is 76.3 Å². The highest BCUT2D eigenvalue weighted by molar-refractivity contribution is 6.00. The number of hydrogen-bond acceptors (Lipinski definition) is 37. The van der Waals surface area contributed by atoms with E-state index in [9.17, 15) is 138 Å². The number of nitrogens with two attached hydrogens (primary N) is 1. The van der Waals surface area contributed by atoms with E-state index in [4.69, 9.17) is 39.0 Å². The van der Waals surface area contributed by atoms with Crippen molar-refractivity contribution in [1.29, 1.82) is 0 Å². The number of likely N-dealkylation sites (tertiary alicyclic amines) is 1. The van der Waals surface area contributed by atoms with Crippen LogP contribution in [0.4, 0.5) is 0 Å². The van der Waals surface area contributed by atoms with Crippen molar-refractivity contribution < 1.29 is 181 Å². The SMILES string of the molecule is CCC(CC(C)C(N)=O)C(=O)NCCCCCCO/N=C(/C)CCCC(=O)NC(Cc1ccccc1)C(=O)NC(CCC(=O)O)C(=O)NC(Cc1cnc[nH]1)C(=O)NCC(=O)NC(C(=O)NC(C(=O)NC(CO)C(=O)NC(C)C(=O)N1CCCC1C(=O)NC(CC(=O)O)C(=O)NC(C(C)=O)C(C)O)C(C)O[C@H]1O[C@@H](CO[C@@H]2O[C@@H](CO)[C@@H](O)C(O)C2NC(C)=O)[C@H](O)C(O[C@@H]2O[C@@H](CO)[C@H](O)C(O)C2O)C1NC(C)=O)C(C)C. The average Bonchev–Trinajstić information content (AvgIpc) is 0.774. The largest absolute Gasteiger partial charge is 0.481 e. The van der Waals surface area contributed by atoms with Gasteiger partial charge in [0.25, 0.3) is 0 Å². The molecule has 4 aliphatic rings. The molecular weight excluding hydrogens is 1960 g/mol. The molecule has 29 atom stereocenters. The van der Waals surface area contributed by atoms with Gasteiger partial charge >= 0.3 is 11.9 Å². The molecule has 2 aromatic rings. The predicted molar refractivity (Wildman–Crippen MR) is 511 cm³/mol. The molecular formula is C93H146N18O37. The number of unbranched alkanes of at least 4 members (excludes halogenated alkanes) is 3. The molecule has 15 amide bonds. The zero-order valence-electron chi connectivity index (χ0n) is 84.3. The number of benzene rings is 1. The summed E-state index contributed by atoms with van der Waals surface area (Å²) in [7, 11) is 0. The Hall–Kier alpha value is -12.1. The van der Waals surface area contributed by atoms with Crippen LogP contribution in [0.25, 0.3) is 0 Å². The molecule has 4 aliphatic heterocycles. The van der Waals surface area contributed by atoms with Crippen LogP contribution in [-0.4, -0.2) is 405 Å². The van der Waals surface area contributed by atoms with Crippen LogP contribution in [0.15, 0.2) is 48.0 Å². The Kier molecular flexibility index (Phi) is 52.0. The number of carbonyl (C=O) groups excluding carboxylic acids is 16. The van der Waals surface area contributed by atoms with Gasteiger partial charge in [-0.3, -0.25) is 86.3 Å². The number of amides is 15. The maximum absolute atomic E-state index is 15.4. The summed E-state index contributed by atoms with van der Waals surface area (Å²) in [6, 6.07) is -12.9. The van der Waals surface area contributed by atoms with E-state index in [1.807, 2.05) is 6.92 Å². The molecule has 4 saturated heterocycles. The third kappa shape index (κ3) is 39.1. The highest BCUT2D eigenvalue weighted by Gasteiger charge is 2.55. The molecule has 148 heavy (non-hydrogen) atoms. The Morgan fingerprint density at radius 2 is 1.16 bits per heavy atom. The minimum atomic E-state index is -2.31. The van der Waals surface area contributed by atoms with E-state index in [1.54, 1.807) is 44.2 Å². The number of ether oxygens (including phenoxy) is 6. The zero-order valence-corrected chi connectivity index (χ0v) is 84.3. The molecule has 55 nitrogen and oxygen atoms in total. The molecule has 5 heterocycles. The number of aliphatic hydroxyl groups is 10. The molecule has 1 aromatic carbocycles. The summed E-state index contributed by atoms with van der Waals surface area (Å²) in [6.45, 7) is 9.58. The van der Waals surface area contributed by atoms with E-state index >= 15 is 9.59 Å². The van der Waals surface area contributed by atoms with Gasteiger partial charge in [0.05, 0.1) is 63.6 Å². The van der Waals surface area contributed by atoms with Crippen LogP contribution in [0.1, 0.15) is 177 Å². The molecule has 0 spiro atoms. The number of oxime groups is 1. The number of nitrogens with zero attached hydrogens (tertiary/aromatic N) is 3. The number of carboxylic acid groups (broad SMARTS) is 2. The number of carboxylic acids is 2. The maximum Gasteiger partial charge on any atom is 0.305 e. The first-order valence-corrected chi connectivity index (χ1v) is 48.9. The molecule has 0 bridgehead atoms. The Balaban J connectivity index is 1.26. The second-order valence-electron chi connectivity index (χ2n) is 37.3. The first-order valence-electron chi connectivity index (χ1n) is 48.9. The number of nitrogens with one attached hydrogen (secondary N) is 14. The van der Waals surface area contributed by atoms with Crippen LogP contribution in [0.5, 0.6) is 0 Å². The van der Waals surface area contributed by atoms with Crippen molar-refractivity contribution in [3.05, 3.63) is 54.1 Å². The number of H-pyrrole nitrogens is 1. The number of hydrogen-bond donors (Lipinski definition) is 27. The van der Waals surface area contributed by atoms with Gasteiger partial charge in [0.1, 0.15) is 140 Å². The van der Waals surface area contributed by atoms with Gasteiger partial charge in [-0.1, -0.05) is 69.6 Å². The number of rotatable bonds is 62. The smallest absolute Gasteiger partial charge is 0.305 e. The number of aliphatic hydroxyl groups excluding tert-OH is 10. The molecule has 0 saturated carbocycles. The molecule has 6 rings (SSSR count). The summed E-state index contributed by atoms with van der Waals surface area (Å²) in [5.41, 5.74) is 6.71. The minimum absolute atomic E-state index is 0.0924. The fraction of sp³-hybridized carbons (Fsp3) is 0.699. The molecule has 4 fully saturated rings. The van der Waals surface area contributed by atoms with Crippen molar-refractivity contribution in [2.24, 2.45) is 28.6 Å².